The largest absolute Gasteiger partial charge is 0.493 e. The van der Waals surface area contributed by atoms with Gasteiger partial charge < -0.3 is 4.74 Å². The molecular weight excluding hydrogens is 256 g/mol. The minimum atomic E-state index is 0.709. The Balaban J connectivity index is 2.22. The lowest BCUT2D eigenvalue weighted by Gasteiger charge is -2.09. The summed E-state index contributed by atoms with van der Waals surface area (Å²) in [4.78, 5) is 0. The van der Waals surface area contributed by atoms with Gasteiger partial charge in [0.25, 0.3) is 0 Å². The molecule has 1 aromatic carbocycles. The Bertz CT molecular complexity index is 373. The lowest BCUT2D eigenvalue weighted by atomic mass is 9.99. The second-order valence-corrected chi connectivity index (χ2v) is 5.27. The first-order valence-electron chi connectivity index (χ1n) is 7.31. The van der Waals surface area contributed by atoms with Crippen LogP contribution in [0, 0.1) is 5.92 Å². The van der Waals surface area contributed by atoms with Crippen LogP contribution in [0.3, 0.4) is 0 Å². The minimum absolute atomic E-state index is 0.709. The van der Waals surface area contributed by atoms with E-state index in [1.54, 1.807) is 0 Å². The number of halogens is 1. The highest BCUT2D eigenvalue weighted by Crippen LogP contribution is 2.17. The van der Waals surface area contributed by atoms with Gasteiger partial charge in [-0.2, -0.15) is 0 Å². The molecule has 0 saturated heterocycles. The summed E-state index contributed by atoms with van der Waals surface area (Å²) in [6.45, 7) is 5.21. The number of rotatable bonds is 9. The summed E-state index contributed by atoms with van der Waals surface area (Å²) in [5, 5.41) is 0.721. The Morgan fingerprint density at radius 2 is 2.16 bits per heavy atom. The fraction of sp³-hybridized carbons (Fsp3) is 0.529. The second-order valence-electron chi connectivity index (χ2n) is 4.83. The van der Waals surface area contributed by atoms with Crippen LogP contribution >= 0.6 is 11.6 Å². The summed E-state index contributed by atoms with van der Waals surface area (Å²) < 4.78 is 5.65. The molecule has 0 saturated carbocycles. The smallest absolute Gasteiger partial charge is 0.120 e. The van der Waals surface area contributed by atoms with Crippen LogP contribution in [0.2, 0.25) is 5.02 Å². The van der Waals surface area contributed by atoms with Gasteiger partial charge in [0.2, 0.25) is 0 Å². The number of unbranched alkanes of at least 4 members (excludes halogenated alkanes) is 1. The third kappa shape index (κ3) is 7.27. The quantitative estimate of drug-likeness (QED) is 0.405. The average Bonchev–Trinajstić information content (AvgIpc) is 2.42. The van der Waals surface area contributed by atoms with E-state index in [2.05, 4.69) is 26.0 Å². The molecule has 1 nitrogen and oxygen atoms in total. The molecule has 0 heterocycles. The van der Waals surface area contributed by atoms with Gasteiger partial charge in [-0.25, -0.2) is 0 Å². The number of benzene rings is 1. The molecule has 1 atom stereocenters. The van der Waals surface area contributed by atoms with E-state index in [9.17, 15) is 0 Å². The van der Waals surface area contributed by atoms with Crippen LogP contribution in [0.1, 0.15) is 46.0 Å². The van der Waals surface area contributed by atoms with Crippen LogP contribution in [0.5, 0.6) is 5.75 Å². The molecule has 0 aliphatic carbocycles. The van der Waals surface area contributed by atoms with Crippen molar-refractivity contribution in [3.05, 3.63) is 41.4 Å². The molecule has 0 amide bonds. The summed E-state index contributed by atoms with van der Waals surface area (Å²) in [6.07, 6.45) is 10.7. The maximum absolute atomic E-state index is 5.90. The van der Waals surface area contributed by atoms with E-state index in [0.29, 0.717) is 6.61 Å². The van der Waals surface area contributed by atoms with Crippen molar-refractivity contribution in [1.82, 2.24) is 0 Å². The molecule has 1 rings (SSSR count). The van der Waals surface area contributed by atoms with Crippen LogP contribution in [0.4, 0.5) is 0 Å². The van der Waals surface area contributed by atoms with Crippen LogP contribution in [-0.2, 0) is 0 Å². The van der Waals surface area contributed by atoms with E-state index in [0.717, 1.165) is 23.1 Å². The van der Waals surface area contributed by atoms with Gasteiger partial charge in [0, 0.05) is 5.02 Å². The molecule has 2 heteroatoms. The molecule has 1 unspecified atom stereocenters. The summed E-state index contributed by atoms with van der Waals surface area (Å²) in [5.74, 6) is 1.57. The maximum atomic E-state index is 5.90. The van der Waals surface area contributed by atoms with E-state index < -0.39 is 0 Å². The molecular formula is C17H25ClO. The van der Waals surface area contributed by atoms with Crippen LogP contribution in [0.15, 0.2) is 36.4 Å². The Labute approximate surface area is 122 Å². The van der Waals surface area contributed by atoms with Crippen molar-refractivity contribution < 1.29 is 4.74 Å². The fourth-order valence-electron chi connectivity index (χ4n) is 1.99. The van der Waals surface area contributed by atoms with Crippen molar-refractivity contribution >= 4 is 11.6 Å². The SMILES string of the molecule is CCCCC(/C=C/CCOc1cccc(Cl)c1)CC. The van der Waals surface area contributed by atoms with E-state index in [1.165, 1.54) is 25.7 Å². The van der Waals surface area contributed by atoms with Crippen molar-refractivity contribution in [1.29, 1.82) is 0 Å². The zero-order valence-corrected chi connectivity index (χ0v) is 12.8. The molecule has 0 N–H and O–H groups in total. The average molecular weight is 281 g/mol. The number of ether oxygens (including phenoxy) is 1. The highest BCUT2D eigenvalue weighted by atomic mass is 35.5. The summed E-state index contributed by atoms with van der Waals surface area (Å²) in [5.41, 5.74) is 0. The second kappa shape index (κ2) is 9.91. The van der Waals surface area contributed by atoms with Crippen molar-refractivity contribution in [2.75, 3.05) is 6.61 Å². The number of hydrogen-bond donors (Lipinski definition) is 0. The van der Waals surface area contributed by atoms with E-state index in [-0.39, 0.29) is 0 Å². The van der Waals surface area contributed by atoms with Crippen molar-refractivity contribution in [3.8, 4) is 5.75 Å². The van der Waals surface area contributed by atoms with Gasteiger partial charge in [-0.15, -0.1) is 0 Å². The first-order chi connectivity index (χ1) is 9.26. The summed E-state index contributed by atoms with van der Waals surface area (Å²) in [7, 11) is 0. The highest BCUT2D eigenvalue weighted by Gasteiger charge is 2.00. The van der Waals surface area contributed by atoms with Gasteiger partial charge in [0.05, 0.1) is 6.61 Å². The van der Waals surface area contributed by atoms with Crippen LogP contribution in [0.25, 0.3) is 0 Å². The first kappa shape index (κ1) is 16.1. The van der Waals surface area contributed by atoms with Gasteiger partial charge in [-0.3, -0.25) is 0 Å². The standard InChI is InChI=1S/C17H25ClO/c1-3-5-9-15(4-2)10-6-7-13-19-17-12-8-11-16(18)14-17/h6,8,10-12,14-15H,3-5,7,9,13H2,1-2H3/b10-6+. The Morgan fingerprint density at radius 3 is 2.84 bits per heavy atom. The van der Waals surface area contributed by atoms with Gasteiger partial charge in [-0.05, 0) is 43.4 Å². The molecule has 1 aromatic rings. The van der Waals surface area contributed by atoms with Gasteiger partial charge in [-0.1, -0.05) is 56.5 Å². The predicted octanol–water partition coefficient (Wildman–Crippen LogP) is 5.88. The van der Waals surface area contributed by atoms with Crippen molar-refractivity contribution in [3.63, 3.8) is 0 Å². The zero-order chi connectivity index (χ0) is 13.9. The minimum Gasteiger partial charge on any atom is -0.493 e. The Morgan fingerprint density at radius 1 is 1.32 bits per heavy atom. The molecule has 0 aliphatic heterocycles. The zero-order valence-electron chi connectivity index (χ0n) is 12.1. The molecule has 106 valence electrons. The lowest BCUT2D eigenvalue weighted by molar-refractivity contribution is 0.324. The first-order valence-corrected chi connectivity index (χ1v) is 7.69. The van der Waals surface area contributed by atoms with Gasteiger partial charge in [0.1, 0.15) is 5.75 Å². The normalized spacial score (nSPS) is 12.8. The van der Waals surface area contributed by atoms with Gasteiger partial charge >= 0.3 is 0 Å². The highest BCUT2D eigenvalue weighted by molar-refractivity contribution is 6.30. The van der Waals surface area contributed by atoms with E-state index in [4.69, 9.17) is 16.3 Å². The van der Waals surface area contributed by atoms with Crippen molar-refractivity contribution in [2.45, 2.75) is 46.0 Å². The monoisotopic (exact) mass is 280 g/mol. The van der Waals surface area contributed by atoms with Crippen molar-refractivity contribution in [2.24, 2.45) is 5.92 Å². The van der Waals surface area contributed by atoms with E-state index >= 15 is 0 Å². The van der Waals surface area contributed by atoms with Crippen LogP contribution in [-0.4, -0.2) is 6.61 Å². The number of hydrogen-bond acceptors (Lipinski definition) is 1. The van der Waals surface area contributed by atoms with Gasteiger partial charge in [0.15, 0.2) is 0 Å². The lowest BCUT2D eigenvalue weighted by Crippen LogP contribution is -1.97. The molecule has 0 radical (unpaired) electrons. The Hall–Kier alpha value is -0.950. The summed E-state index contributed by atoms with van der Waals surface area (Å²) >= 11 is 5.90. The molecule has 0 spiro atoms. The fourth-order valence-corrected chi connectivity index (χ4v) is 2.17. The summed E-state index contributed by atoms with van der Waals surface area (Å²) in [6, 6.07) is 7.55. The maximum Gasteiger partial charge on any atom is 0.120 e. The molecule has 0 fully saturated rings. The molecule has 19 heavy (non-hydrogen) atoms. The Kier molecular flexibility index (Phi) is 8.40. The predicted molar refractivity (Wildman–Crippen MR) is 84.0 cm³/mol. The topological polar surface area (TPSA) is 9.23 Å². The number of allylic oxidation sites excluding steroid dienone is 1. The molecule has 0 bridgehead atoms. The third-order valence-electron chi connectivity index (χ3n) is 3.21. The van der Waals surface area contributed by atoms with E-state index in [1.807, 2.05) is 24.3 Å². The third-order valence-corrected chi connectivity index (χ3v) is 3.45. The molecule has 0 aromatic heterocycles. The van der Waals surface area contributed by atoms with Crippen LogP contribution < -0.4 is 4.74 Å². The molecule has 0 aliphatic rings.